The molecule has 6 heteroatoms. The molecule has 0 saturated heterocycles. The Labute approximate surface area is 145 Å². The van der Waals surface area contributed by atoms with E-state index in [4.69, 9.17) is 4.74 Å². The zero-order valence-electron chi connectivity index (χ0n) is 13.8. The van der Waals surface area contributed by atoms with Crippen molar-refractivity contribution < 1.29 is 4.74 Å². The number of methoxy groups -OCH3 is 1. The Hall–Kier alpha value is -3.41. The average Bonchev–Trinajstić information content (AvgIpc) is 3.12. The van der Waals surface area contributed by atoms with E-state index in [1.54, 1.807) is 19.5 Å². The molecule has 4 rings (SSSR count). The van der Waals surface area contributed by atoms with Gasteiger partial charge in [-0.2, -0.15) is 9.61 Å². The lowest BCUT2D eigenvalue weighted by Gasteiger charge is -2.08. The van der Waals surface area contributed by atoms with Gasteiger partial charge in [-0.05, 0) is 35.9 Å². The molecule has 0 spiro atoms. The molecule has 0 bridgehead atoms. The van der Waals surface area contributed by atoms with Crippen LogP contribution in [0.3, 0.4) is 0 Å². The Morgan fingerprint density at radius 1 is 1.00 bits per heavy atom. The number of hydrogen-bond acceptors (Lipinski definition) is 5. The van der Waals surface area contributed by atoms with Gasteiger partial charge >= 0.3 is 0 Å². The molecule has 25 heavy (non-hydrogen) atoms. The van der Waals surface area contributed by atoms with Crippen LogP contribution < -0.4 is 10.1 Å². The normalized spacial score (nSPS) is 10.8. The molecule has 0 amide bonds. The third kappa shape index (κ3) is 3.01. The van der Waals surface area contributed by atoms with Crippen molar-refractivity contribution in [2.75, 3.05) is 12.4 Å². The molecule has 3 aromatic heterocycles. The minimum atomic E-state index is 0.623. The number of ether oxygens (including phenoxy) is 1. The fraction of sp³-hybridized carbons (Fsp3) is 0.105. The molecule has 124 valence electrons. The highest BCUT2D eigenvalue weighted by molar-refractivity contribution is 5.78. The highest BCUT2D eigenvalue weighted by Gasteiger charge is 2.10. The Morgan fingerprint density at radius 2 is 1.88 bits per heavy atom. The molecule has 1 N–H and O–H groups in total. The van der Waals surface area contributed by atoms with Crippen LogP contribution in [0, 0.1) is 0 Å². The van der Waals surface area contributed by atoms with Gasteiger partial charge in [-0.1, -0.05) is 18.2 Å². The Kier molecular flexibility index (Phi) is 4.00. The second-order valence-electron chi connectivity index (χ2n) is 5.53. The molecule has 0 aliphatic heterocycles. The zero-order chi connectivity index (χ0) is 17.1. The third-order valence-corrected chi connectivity index (χ3v) is 3.98. The summed E-state index contributed by atoms with van der Waals surface area (Å²) in [5.41, 5.74) is 3.79. The summed E-state index contributed by atoms with van der Waals surface area (Å²) in [7, 11) is 1.66. The van der Waals surface area contributed by atoms with Crippen molar-refractivity contribution in [3.05, 3.63) is 72.8 Å². The summed E-state index contributed by atoms with van der Waals surface area (Å²) in [5.74, 6) is 1.70. The van der Waals surface area contributed by atoms with Gasteiger partial charge in [0.05, 0.1) is 25.5 Å². The summed E-state index contributed by atoms with van der Waals surface area (Å²) in [5, 5.41) is 7.85. The van der Waals surface area contributed by atoms with Crippen molar-refractivity contribution in [1.29, 1.82) is 0 Å². The van der Waals surface area contributed by atoms with Crippen LogP contribution in [0.1, 0.15) is 5.69 Å². The molecule has 0 saturated carbocycles. The zero-order valence-corrected chi connectivity index (χ0v) is 13.8. The van der Waals surface area contributed by atoms with Crippen LogP contribution in [-0.4, -0.2) is 26.7 Å². The monoisotopic (exact) mass is 331 g/mol. The van der Waals surface area contributed by atoms with Crippen molar-refractivity contribution in [3.8, 4) is 16.9 Å². The number of nitrogens with one attached hydrogen (secondary N) is 1. The van der Waals surface area contributed by atoms with E-state index >= 15 is 0 Å². The molecule has 6 nitrogen and oxygen atoms in total. The van der Waals surface area contributed by atoms with Crippen LogP contribution in [0.15, 0.2) is 67.1 Å². The highest BCUT2D eigenvalue weighted by Crippen LogP contribution is 2.26. The van der Waals surface area contributed by atoms with Crippen molar-refractivity contribution in [3.63, 3.8) is 0 Å². The quantitative estimate of drug-likeness (QED) is 0.607. The van der Waals surface area contributed by atoms with E-state index < -0.39 is 0 Å². The minimum Gasteiger partial charge on any atom is -0.497 e. The summed E-state index contributed by atoms with van der Waals surface area (Å²) in [4.78, 5) is 8.81. The summed E-state index contributed by atoms with van der Waals surface area (Å²) < 4.78 is 7.02. The molecular formula is C19H17N5O. The summed E-state index contributed by atoms with van der Waals surface area (Å²) in [6.45, 7) is 0.623. The maximum Gasteiger partial charge on any atom is 0.165 e. The van der Waals surface area contributed by atoms with Gasteiger partial charge in [0.15, 0.2) is 5.65 Å². The van der Waals surface area contributed by atoms with Gasteiger partial charge in [0.1, 0.15) is 11.6 Å². The van der Waals surface area contributed by atoms with Gasteiger partial charge in [0.25, 0.3) is 0 Å². The van der Waals surface area contributed by atoms with E-state index in [0.29, 0.717) is 6.54 Å². The number of anilines is 1. The SMILES string of the molecule is COc1ccc(-c2cnn3c(NCc4ccccn4)ccnc23)cc1. The van der Waals surface area contributed by atoms with Gasteiger partial charge in [0, 0.05) is 18.0 Å². The first-order valence-electron chi connectivity index (χ1n) is 7.96. The lowest BCUT2D eigenvalue weighted by atomic mass is 10.1. The van der Waals surface area contributed by atoms with Crippen LogP contribution >= 0.6 is 0 Å². The summed E-state index contributed by atoms with van der Waals surface area (Å²) >= 11 is 0. The molecule has 0 aliphatic rings. The van der Waals surface area contributed by atoms with Gasteiger partial charge in [-0.15, -0.1) is 0 Å². The number of fused-ring (bicyclic) bond motifs is 1. The molecule has 0 aliphatic carbocycles. The summed E-state index contributed by atoms with van der Waals surface area (Å²) in [6.07, 6.45) is 5.40. The Morgan fingerprint density at radius 3 is 2.64 bits per heavy atom. The fourth-order valence-electron chi connectivity index (χ4n) is 2.68. The largest absolute Gasteiger partial charge is 0.497 e. The summed E-state index contributed by atoms with van der Waals surface area (Å²) in [6, 6.07) is 15.6. The number of hydrogen-bond donors (Lipinski definition) is 1. The van der Waals surface area contributed by atoms with Crippen LogP contribution in [-0.2, 0) is 6.54 Å². The first-order valence-corrected chi connectivity index (χ1v) is 7.96. The van der Waals surface area contributed by atoms with E-state index in [0.717, 1.165) is 34.0 Å². The maximum atomic E-state index is 5.21. The molecular weight excluding hydrogens is 314 g/mol. The number of aromatic nitrogens is 4. The first kappa shape index (κ1) is 15.1. The molecule has 0 unspecified atom stereocenters. The van der Waals surface area contributed by atoms with E-state index in [1.165, 1.54) is 0 Å². The number of rotatable bonds is 5. The predicted octanol–water partition coefficient (Wildman–Crippen LogP) is 3.41. The minimum absolute atomic E-state index is 0.623. The number of pyridine rings is 1. The molecule has 0 radical (unpaired) electrons. The predicted molar refractivity (Wildman–Crippen MR) is 96.5 cm³/mol. The number of nitrogens with zero attached hydrogens (tertiary/aromatic N) is 4. The second-order valence-corrected chi connectivity index (χ2v) is 5.53. The third-order valence-electron chi connectivity index (χ3n) is 3.98. The second kappa shape index (κ2) is 6.60. The standard InChI is InChI=1S/C19H17N5O/c1-25-16-7-5-14(6-8-16)17-13-23-24-18(9-11-21-19(17)24)22-12-15-4-2-3-10-20-15/h2-11,13,22H,12H2,1H3. The van der Waals surface area contributed by atoms with Gasteiger partial charge in [-0.25, -0.2) is 4.98 Å². The lowest BCUT2D eigenvalue weighted by Crippen LogP contribution is -2.06. The molecule has 1 aromatic carbocycles. The number of benzene rings is 1. The Balaban J connectivity index is 1.65. The molecule has 0 atom stereocenters. The molecule has 0 fully saturated rings. The van der Waals surface area contributed by atoms with Crippen LogP contribution in [0.4, 0.5) is 5.82 Å². The highest BCUT2D eigenvalue weighted by atomic mass is 16.5. The lowest BCUT2D eigenvalue weighted by molar-refractivity contribution is 0.415. The van der Waals surface area contributed by atoms with Crippen molar-refractivity contribution in [1.82, 2.24) is 19.6 Å². The van der Waals surface area contributed by atoms with E-state index in [-0.39, 0.29) is 0 Å². The van der Waals surface area contributed by atoms with Crippen LogP contribution in [0.25, 0.3) is 16.8 Å². The van der Waals surface area contributed by atoms with E-state index in [2.05, 4.69) is 20.4 Å². The molecule has 3 heterocycles. The first-order chi connectivity index (χ1) is 12.3. The van der Waals surface area contributed by atoms with Gasteiger partial charge in [-0.3, -0.25) is 4.98 Å². The average molecular weight is 331 g/mol. The van der Waals surface area contributed by atoms with E-state index in [9.17, 15) is 0 Å². The Bertz CT molecular complexity index is 980. The van der Waals surface area contributed by atoms with Gasteiger partial charge < -0.3 is 10.1 Å². The van der Waals surface area contributed by atoms with E-state index in [1.807, 2.05) is 59.2 Å². The van der Waals surface area contributed by atoms with Crippen LogP contribution in [0.2, 0.25) is 0 Å². The maximum absolute atomic E-state index is 5.21. The van der Waals surface area contributed by atoms with Crippen LogP contribution in [0.5, 0.6) is 5.75 Å². The van der Waals surface area contributed by atoms with Crippen molar-refractivity contribution in [2.24, 2.45) is 0 Å². The molecule has 4 aromatic rings. The van der Waals surface area contributed by atoms with Crippen molar-refractivity contribution >= 4 is 11.5 Å². The fourth-order valence-corrected chi connectivity index (χ4v) is 2.68. The smallest absolute Gasteiger partial charge is 0.165 e. The topological polar surface area (TPSA) is 64.3 Å². The van der Waals surface area contributed by atoms with Gasteiger partial charge in [0.2, 0.25) is 0 Å². The van der Waals surface area contributed by atoms with Crippen molar-refractivity contribution in [2.45, 2.75) is 6.54 Å².